The van der Waals surface area contributed by atoms with Crippen LogP contribution < -0.4 is 0 Å². The molecular weight excluding hydrogens is 216 g/mol. The van der Waals surface area contributed by atoms with Crippen LogP contribution >= 0.6 is 0 Å². The highest BCUT2D eigenvalue weighted by molar-refractivity contribution is 5.66. The Bertz CT molecular complexity index is 414. The van der Waals surface area contributed by atoms with Crippen molar-refractivity contribution in [2.45, 2.75) is 51.4 Å². The van der Waals surface area contributed by atoms with Crippen LogP contribution in [0.4, 0.5) is 0 Å². The van der Waals surface area contributed by atoms with Crippen LogP contribution in [-0.4, -0.2) is 21.0 Å². The molecule has 0 amide bonds. The molecule has 0 saturated heterocycles. The van der Waals surface area contributed by atoms with E-state index < -0.39 is 5.97 Å². The lowest BCUT2D eigenvalue weighted by Gasteiger charge is -2.25. The van der Waals surface area contributed by atoms with Crippen LogP contribution in [0.5, 0.6) is 0 Å². The van der Waals surface area contributed by atoms with Crippen molar-refractivity contribution in [1.82, 2.24) is 9.97 Å². The Labute approximate surface area is 101 Å². The van der Waals surface area contributed by atoms with Gasteiger partial charge >= 0.3 is 5.97 Å². The van der Waals surface area contributed by atoms with Crippen molar-refractivity contribution in [2.24, 2.45) is 0 Å². The molecule has 1 aromatic heterocycles. The molecule has 2 rings (SSSR count). The number of carbonyl (C=O) groups is 1. The lowest BCUT2D eigenvalue weighted by molar-refractivity contribution is -0.137. The third kappa shape index (κ3) is 3.25. The zero-order chi connectivity index (χ0) is 12.3. The first-order valence-corrected chi connectivity index (χ1v) is 6.21. The fourth-order valence-corrected chi connectivity index (χ4v) is 2.08. The van der Waals surface area contributed by atoms with Crippen molar-refractivity contribution in [2.75, 3.05) is 0 Å². The minimum absolute atomic E-state index is 0.191. The SMILES string of the molecule is Cc1cc(C2CCC2)nc(CCCC(=O)O)n1. The Morgan fingerprint density at radius 3 is 2.82 bits per heavy atom. The van der Waals surface area contributed by atoms with Gasteiger partial charge in [-0.3, -0.25) is 4.79 Å². The molecular formula is C13H18N2O2. The molecule has 0 radical (unpaired) electrons. The van der Waals surface area contributed by atoms with Gasteiger partial charge in [0, 0.05) is 30.1 Å². The largest absolute Gasteiger partial charge is 0.481 e. The highest BCUT2D eigenvalue weighted by atomic mass is 16.4. The van der Waals surface area contributed by atoms with Crippen LogP contribution in [0.15, 0.2) is 6.07 Å². The van der Waals surface area contributed by atoms with Gasteiger partial charge < -0.3 is 5.11 Å². The fourth-order valence-electron chi connectivity index (χ4n) is 2.08. The molecule has 92 valence electrons. The maximum atomic E-state index is 10.4. The third-order valence-electron chi connectivity index (χ3n) is 3.23. The molecule has 1 fully saturated rings. The molecule has 1 aromatic rings. The second-order valence-electron chi connectivity index (χ2n) is 4.73. The summed E-state index contributed by atoms with van der Waals surface area (Å²) >= 11 is 0. The summed E-state index contributed by atoms with van der Waals surface area (Å²) in [6.07, 6.45) is 5.21. The standard InChI is InChI=1S/C13H18N2O2/c1-9-8-11(10-4-2-5-10)15-12(14-9)6-3-7-13(16)17/h8,10H,2-7H2,1H3,(H,16,17). The summed E-state index contributed by atoms with van der Waals surface area (Å²) in [6, 6.07) is 2.06. The van der Waals surface area contributed by atoms with E-state index in [1.807, 2.05) is 6.92 Å². The first kappa shape index (κ1) is 12.0. The summed E-state index contributed by atoms with van der Waals surface area (Å²) in [5.41, 5.74) is 2.14. The molecule has 17 heavy (non-hydrogen) atoms. The highest BCUT2D eigenvalue weighted by Crippen LogP contribution is 2.35. The normalized spacial score (nSPS) is 15.6. The Kier molecular flexibility index (Phi) is 3.71. The maximum absolute atomic E-state index is 10.4. The molecule has 0 spiro atoms. The molecule has 0 unspecified atom stereocenters. The number of aromatic nitrogens is 2. The summed E-state index contributed by atoms with van der Waals surface area (Å²) in [5, 5.41) is 8.60. The molecule has 0 bridgehead atoms. The van der Waals surface area contributed by atoms with Gasteiger partial charge in [0.15, 0.2) is 0 Å². The fraction of sp³-hybridized carbons (Fsp3) is 0.615. The Morgan fingerprint density at radius 2 is 2.24 bits per heavy atom. The molecule has 0 aliphatic heterocycles. The number of hydrogen-bond donors (Lipinski definition) is 1. The minimum Gasteiger partial charge on any atom is -0.481 e. The van der Waals surface area contributed by atoms with Crippen LogP contribution in [0, 0.1) is 6.92 Å². The minimum atomic E-state index is -0.753. The van der Waals surface area contributed by atoms with Gasteiger partial charge in [0.1, 0.15) is 5.82 Å². The van der Waals surface area contributed by atoms with Crippen LogP contribution in [0.25, 0.3) is 0 Å². The van der Waals surface area contributed by atoms with Crippen molar-refractivity contribution < 1.29 is 9.90 Å². The molecule has 1 heterocycles. The summed E-state index contributed by atoms with van der Waals surface area (Å²) in [5.74, 6) is 0.653. The number of aryl methyl sites for hydroxylation is 2. The number of carboxylic acid groups (broad SMARTS) is 1. The van der Waals surface area contributed by atoms with Gasteiger partial charge in [0.25, 0.3) is 0 Å². The van der Waals surface area contributed by atoms with Gasteiger partial charge in [0.2, 0.25) is 0 Å². The van der Waals surface area contributed by atoms with Crippen LogP contribution in [0.2, 0.25) is 0 Å². The van der Waals surface area contributed by atoms with E-state index in [1.165, 1.54) is 19.3 Å². The molecule has 0 atom stereocenters. The number of carboxylic acids is 1. The van der Waals surface area contributed by atoms with Crippen molar-refractivity contribution in [3.05, 3.63) is 23.3 Å². The first-order valence-electron chi connectivity index (χ1n) is 6.21. The van der Waals surface area contributed by atoms with Crippen molar-refractivity contribution in [3.8, 4) is 0 Å². The molecule has 4 heteroatoms. The molecule has 1 aliphatic rings. The van der Waals surface area contributed by atoms with Crippen molar-refractivity contribution in [1.29, 1.82) is 0 Å². The second kappa shape index (κ2) is 5.25. The molecule has 0 aromatic carbocycles. The van der Waals surface area contributed by atoms with Crippen LogP contribution in [0.3, 0.4) is 0 Å². The quantitative estimate of drug-likeness (QED) is 0.850. The van der Waals surface area contributed by atoms with Gasteiger partial charge in [-0.15, -0.1) is 0 Å². The molecule has 4 nitrogen and oxygen atoms in total. The number of aliphatic carboxylic acids is 1. The van der Waals surface area contributed by atoms with E-state index in [9.17, 15) is 4.79 Å². The summed E-state index contributed by atoms with van der Waals surface area (Å²) < 4.78 is 0. The summed E-state index contributed by atoms with van der Waals surface area (Å²) in [6.45, 7) is 1.98. The van der Waals surface area contributed by atoms with Gasteiger partial charge in [-0.1, -0.05) is 6.42 Å². The van der Waals surface area contributed by atoms with E-state index in [2.05, 4.69) is 16.0 Å². The van der Waals surface area contributed by atoms with Gasteiger partial charge in [0.05, 0.1) is 0 Å². The average molecular weight is 234 g/mol. The zero-order valence-corrected chi connectivity index (χ0v) is 10.1. The third-order valence-corrected chi connectivity index (χ3v) is 3.23. The lowest BCUT2D eigenvalue weighted by Crippen LogP contribution is -2.13. The topological polar surface area (TPSA) is 63.1 Å². The predicted octanol–water partition coefficient (Wildman–Crippen LogP) is 2.46. The smallest absolute Gasteiger partial charge is 0.303 e. The van der Waals surface area contributed by atoms with Crippen molar-refractivity contribution in [3.63, 3.8) is 0 Å². The van der Waals surface area contributed by atoms with Crippen molar-refractivity contribution >= 4 is 5.97 Å². The van der Waals surface area contributed by atoms with E-state index in [1.54, 1.807) is 0 Å². The van der Waals surface area contributed by atoms with E-state index in [4.69, 9.17) is 5.11 Å². The van der Waals surface area contributed by atoms with Crippen LogP contribution in [0.1, 0.15) is 55.2 Å². The monoisotopic (exact) mass is 234 g/mol. The predicted molar refractivity (Wildman–Crippen MR) is 63.9 cm³/mol. The summed E-state index contributed by atoms with van der Waals surface area (Å²) in [7, 11) is 0. The Hall–Kier alpha value is -1.45. The van der Waals surface area contributed by atoms with E-state index in [-0.39, 0.29) is 6.42 Å². The number of hydrogen-bond acceptors (Lipinski definition) is 3. The summed E-state index contributed by atoms with van der Waals surface area (Å²) in [4.78, 5) is 19.4. The molecule has 1 aliphatic carbocycles. The average Bonchev–Trinajstić information content (AvgIpc) is 2.13. The molecule has 1 saturated carbocycles. The van der Waals surface area contributed by atoms with Gasteiger partial charge in [-0.05, 0) is 32.3 Å². The van der Waals surface area contributed by atoms with Crippen LogP contribution in [-0.2, 0) is 11.2 Å². The van der Waals surface area contributed by atoms with Gasteiger partial charge in [-0.2, -0.15) is 0 Å². The maximum Gasteiger partial charge on any atom is 0.303 e. The lowest BCUT2D eigenvalue weighted by atomic mass is 9.82. The van der Waals surface area contributed by atoms with E-state index in [0.717, 1.165) is 17.2 Å². The highest BCUT2D eigenvalue weighted by Gasteiger charge is 2.21. The molecule has 1 N–H and O–H groups in total. The van der Waals surface area contributed by atoms with Gasteiger partial charge in [-0.25, -0.2) is 9.97 Å². The second-order valence-corrected chi connectivity index (χ2v) is 4.73. The number of rotatable bonds is 5. The van der Waals surface area contributed by atoms with E-state index in [0.29, 0.717) is 18.8 Å². The zero-order valence-electron chi connectivity index (χ0n) is 10.1. The number of nitrogens with zero attached hydrogens (tertiary/aromatic N) is 2. The Balaban J connectivity index is 2.00. The Morgan fingerprint density at radius 1 is 1.47 bits per heavy atom. The van der Waals surface area contributed by atoms with E-state index >= 15 is 0 Å². The first-order chi connectivity index (χ1) is 8.15.